The highest BCUT2D eigenvalue weighted by Crippen LogP contribution is 2.22. The van der Waals surface area contributed by atoms with Crippen molar-refractivity contribution in [3.8, 4) is 11.5 Å². The third-order valence-corrected chi connectivity index (χ3v) is 4.36. The summed E-state index contributed by atoms with van der Waals surface area (Å²) in [6, 6.07) is 11.1. The first-order chi connectivity index (χ1) is 11.5. The van der Waals surface area contributed by atoms with E-state index in [0.717, 1.165) is 27.3 Å². The molecule has 2 rings (SSSR count). The number of aromatic hydroxyl groups is 1. The van der Waals surface area contributed by atoms with Crippen molar-refractivity contribution in [2.45, 2.75) is 18.7 Å². The largest absolute Gasteiger partial charge is 0.507 e. The van der Waals surface area contributed by atoms with E-state index < -0.39 is 0 Å². The monoisotopic (exact) mass is 344 g/mol. The van der Waals surface area contributed by atoms with E-state index in [1.807, 2.05) is 50.2 Å². The second-order valence-electron chi connectivity index (χ2n) is 5.26. The highest BCUT2D eigenvalue weighted by molar-refractivity contribution is 8.00. The Morgan fingerprint density at radius 1 is 1.25 bits per heavy atom. The van der Waals surface area contributed by atoms with E-state index in [1.54, 1.807) is 13.3 Å². The number of rotatable bonds is 6. The SMILES string of the molecule is COc1ccc(SCC(=O)N/N=C/c2cc(C)c(O)c(C)c2)cc1. The van der Waals surface area contributed by atoms with Crippen molar-refractivity contribution in [1.29, 1.82) is 0 Å². The van der Waals surface area contributed by atoms with Gasteiger partial charge in [-0.1, -0.05) is 0 Å². The van der Waals surface area contributed by atoms with Gasteiger partial charge in [0.2, 0.25) is 5.91 Å². The summed E-state index contributed by atoms with van der Waals surface area (Å²) in [5.41, 5.74) is 4.88. The minimum atomic E-state index is -0.181. The molecule has 5 nitrogen and oxygen atoms in total. The van der Waals surface area contributed by atoms with Crippen LogP contribution < -0.4 is 10.2 Å². The molecule has 0 saturated carbocycles. The Morgan fingerprint density at radius 2 is 1.88 bits per heavy atom. The summed E-state index contributed by atoms with van der Waals surface area (Å²) in [5, 5.41) is 13.7. The Labute approximate surface area is 145 Å². The predicted molar refractivity (Wildman–Crippen MR) is 97.0 cm³/mol. The molecule has 1 amide bonds. The van der Waals surface area contributed by atoms with Crippen molar-refractivity contribution in [2.24, 2.45) is 5.10 Å². The van der Waals surface area contributed by atoms with Gasteiger partial charge in [-0.05, 0) is 66.9 Å². The maximum absolute atomic E-state index is 11.8. The molecule has 0 aromatic heterocycles. The van der Waals surface area contributed by atoms with Crippen LogP contribution in [0.5, 0.6) is 11.5 Å². The molecular weight excluding hydrogens is 324 g/mol. The lowest BCUT2D eigenvalue weighted by molar-refractivity contribution is -0.118. The van der Waals surface area contributed by atoms with Crippen LogP contribution in [0.2, 0.25) is 0 Å². The number of ether oxygens (including phenoxy) is 1. The predicted octanol–water partition coefficient (Wildman–Crippen LogP) is 3.26. The summed E-state index contributed by atoms with van der Waals surface area (Å²) < 4.78 is 5.09. The van der Waals surface area contributed by atoms with Crippen LogP contribution in [0.1, 0.15) is 16.7 Å². The van der Waals surface area contributed by atoms with Gasteiger partial charge in [-0.2, -0.15) is 5.10 Å². The number of benzene rings is 2. The number of nitrogens with zero attached hydrogens (tertiary/aromatic N) is 1. The number of phenolic OH excluding ortho intramolecular Hbond substituents is 1. The lowest BCUT2D eigenvalue weighted by Crippen LogP contribution is -2.19. The number of hydrogen-bond acceptors (Lipinski definition) is 5. The molecule has 2 aromatic carbocycles. The Kier molecular flexibility index (Phi) is 6.26. The summed E-state index contributed by atoms with van der Waals surface area (Å²) in [6.07, 6.45) is 1.56. The summed E-state index contributed by atoms with van der Waals surface area (Å²) >= 11 is 1.43. The highest BCUT2D eigenvalue weighted by Gasteiger charge is 2.03. The fourth-order valence-electron chi connectivity index (χ4n) is 2.10. The maximum atomic E-state index is 11.8. The van der Waals surface area contributed by atoms with Gasteiger partial charge in [0.05, 0.1) is 19.1 Å². The van der Waals surface area contributed by atoms with Crippen LogP contribution in [0.4, 0.5) is 0 Å². The molecule has 0 aliphatic rings. The van der Waals surface area contributed by atoms with Gasteiger partial charge in [0.25, 0.3) is 0 Å². The molecule has 126 valence electrons. The van der Waals surface area contributed by atoms with Crippen molar-refractivity contribution in [1.82, 2.24) is 5.43 Å². The normalized spacial score (nSPS) is 10.8. The van der Waals surface area contributed by atoms with Gasteiger partial charge in [0.15, 0.2) is 0 Å². The van der Waals surface area contributed by atoms with E-state index in [2.05, 4.69) is 10.5 Å². The number of thioether (sulfide) groups is 1. The zero-order valence-electron chi connectivity index (χ0n) is 13.9. The number of phenols is 1. The van der Waals surface area contributed by atoms with Crippen molar-refractivity contribution in [2.75, 3.05) is 12.9 Å². The Morgan fingerprint density at radius 3 is 2.46 bits per heavy atom. The highest BCUT2D eigenvalue weighted by atomic mass is 32.2. The second-order valence-corrected chi connectivity index (χ2v) is 6.31. The average molecular weight is 344 g/mol. The minimum absolute atomic E-state index is 0.181. The molecule has 0 spiro atoms. The van der Waals surface area contributed by atoms with Crippen LogP contribution in [0, 0.1) is 13.8 Å². The number of amides is 1. The molecule has 0 atom stereocenters. The standard InChI is InChI=1S/C18H20N2O3S/c1-12-8-14(9-13(2)18(12)22)10-19-20-17(21)11-24-16-6-4-15(23-3)5-7-16/h4-10,22H,11H2,1-3H3,(H,20,21)/b19-10+. The molecule has 0 bridgehead atoms. The summed E-state index contributed by atoms with van der Waals surface area (Å²) in [5.74, 6) is 1.16. The molecule has 0 heterocycles. The first kappa shape index (κ1) is 17.9. The van der Waals surface area contributed by atoms with Crippen LogP contribution in [-0.2, 0) is 4.79 Å². The van der Waals surface area contributed by atoms with E-state index in [9.17, 15) is 9.90 Å². The fourth-order valence-corrected chi connectivity index (χ4v) is 2.79. The molecule has 6 heteroatoms. The smallest absolute Gasteiger partial charge is 0.250 e. The van der Waals surface area contributed by atoms with Crippen LogP contribution >= 0.6 is 11.8 Å². The molecule has 0 aliphatic carbocycles. The van der Waals surface area contributed by atoms with Crippen LogP contribution in [0.3, 0.4) is 0 Å². The lowest BCUT2D eigenvalue weighted by atomic mass is 10.1. The first-order valence-electron chi connectivity index (χ1n) is 7.38. The Bertz CT molecular complexity index is 719. The van der Waals surface area contributed by atoms with Gasteiger partial charge >= 0.3 is 0 Å². The number of aryl methyl sites for hydroxylation is 2. The molecule has 0 fully saturated rings. The van der Waals surface area contributed by atoms with Crippen molar-refractivity contribution in [3.63, 3.8) is 0 Å². The van der Waals surface area contributed by atoms with E-state index in [4.69, 9.17) is 4.74 Å². The van der Waals surface area contributed by atoms with Gasteiger partial charge < -0.3 is 9.84 Å². The van der Waals surface area contributed by atoms with Gasteiger partial charge in [0.1, 0.15) is 11.5 Å². The fraction of sp³-hybridized carbons (Fsp3) is 0.222. The van der Waals surface area contributed by atoms with Gasteiger partial charge in [-0.3, -0.25) is 4.79 Å². The summed E-state index contributed by atoms with van der Waals surface area (Å²) in [6.45, 7) is 3.65. The van der Waals surface area contributed by atoms with Crippen LogP contribution in [-0.4, -0.2) is 30.1 Å². The zero-order chi connectivity index (χ0) is 17.5. The van der Waals surface area contributed by atoms with Crippen molar-refractivity contribution in [3.05, 3.63) is 53.1 Å². The molecular formula is C18H20N2O3S. The first-order valence-corrected chi connectivity index (χ1v) is 8.37. The Balaban J connectivity index is 1.84. The maximum Gasteiger partial charge on any atom is 0.250 e. The van der Waals surface area contributed by atoms with E-state index >= 15 is 0 Å². The quantitative estimate of drug-likeness (QED) is 0.479. The van der Waals surface area contributed by atoms with Gasteiger partial charge in [-0.25, -0.2) is 5.43 Å². The van der Waals surface area contributed by atoms with Crippen LogP contribution in [0.15, 0.2) is 46.4 Å². The molecule has 0 radical (unpaired) electrons. The van der Waals surface area contributed by atoms with E-state index in [1.165, 1.54) is 11.8 Å². The van der Waals surface area contributed by atoms with Crippen molar-refractivity contribution >= 4 is 23.9 Å². The average Bonchev–Trinajstić information content (AvgIpc) is 2.58. The van der Waals surface area contributed by atoms with Crippen molar-refractivity contribution < 1.29 is 14.6 Å². The number of nitrogens with one attached hydrogen (secondary N) is 1. The molecule has 0 unspecified atom stereocenters. The zero-order valence-corrected chi connectivity index (χ0v) is 14.7. The third-order valence-electron chi connectivity index (χ3n) is 3.35. The van der Waals surface area contributed by atoms with E-state index in [0.29, 0.717) is 0 Å². The summed E-state index contributed by atoms with van der Waals surface area (Å²) in [7, 11) is 1.62. The molecule has 24 heavy (non-hydrogen) atoms. The second kappa shape index (κ2) is 8.40. The number of carbonyl (C=O) groups excluding carboxylic acids is 1. The minimum Gasteiger partial charge on any atom is -0.507 e. The molecule has 2 aromatic rings. The van der Waals surface area contributed by atoms with Gasteiger partial charge in [0, 0.05) is 4.90 Å². The molecule has 2 N–H and O–H groups in total. The Hall–Kier alpha value is -2.47. The van der Waals surface area contributed by atoms with Gasteiger partial charge in [-0.15, -0.1) is 11.8 Å². The summed E-state index contributed by atoms with van der Waals surface area (Å²) in [4.78, 5) is 12.8. The molecule has 0 saturated heterocycles. The number of methoxy groups -OCH3 is 1. The number of hydrazone groups is 1. The van der Waals surface area contributed by atoms with Crippen LogP contribution in [0.25, 0.3) is 0 Å². The molecule has 0 aliphatic heterocycles. The third kappa shape index (κ3) is 5.03. The number of hydrogen-bond donors (Lipinski definition) is 2. The lowest BCUT2D eigenvalue weighted by Gasteiger charge is -2.05. The topological polar surface area (TPSA) is 70.9 Å². The van der Waals surface area contributed by atoms with E-state index in [-0.39, 0.29) is 17.4 Å². The number of carbonyl (C=O) groups is 1.